The number of hydrogen-bond donors (Lipinski definition) is 3. The number of aliphatic hydroxyl groups is 1. The van der Waals surface area contributed by atoms with E-state index >= 15 is 0 Å². The summed E-state index contributed by atoms with van der Waals surface area (Å²) in [5.74, 6) is 1.03. The maximum absolute atomic E-state index is 13.4. The van der Waals surface area contributed by atoms with Crippen molar-refractivity contribution in [1.29, 1.82) is 0 Å². The lowest BCUT2D eigenvalue weighted by Gasteiger charge is -2.18. The molecule has 0 radical (unpaired) electrons. The highest BCUT2D eigenvalue weighted by Gasteiger charge is 2.19. The Morgan fingerprint density at radius 2 is 1.83 bits per heavy atom. The Morgan fingerprint density at radius 3 is 2.64 bits per heavy atom. The van der Waals surface area contributed by atoms with Crippen molar-refractivity contribution in [3.05, 3.63) is 84.1 Å². The van der Waals surface area contributed by atoms with Gasteiger partial charge < -0.3 is 24.9 Å². The molecule has 0 bridgehead atoms. The van der Waals surface area contributed by atoms with E-state index in [2.05, 4.69) is 17.2 Å². The first kappa shape index (κ1) is 25.3. The molecule has 0 saturated heterocycles. The Kier molecular flexibility index (Phi) is 8.63. The van der Waals surface area contributed by atoms with E-state index in [4.69, 9.17) is 9.47 Å². The van der Waals surface area contributed by atoms with Crippen LogP contribution in [0.4, 0.5) is 0 Å². The van der Waals surface area contributed by atoms with Gasteiger partial charge in [0.2, 0.25) is 0 Å². The fraction of sp³-hybridized carbons (Fsp3) is 0.300. The van der Waals surface area contributed by atoms with Crippen molar-refractivity contribution >= 4 is 16.8 Å². The van der Waals surface area contributed by atoms with E-state index in [-0.39, 0.29) is 12.5 Å². The number of aliphatic hydroxyl groups excluding tert-OH is 1. The van der Waals surface area contributed by atoms with E-state index in [9.17, 15) is 9.90 Å². The molecule has 6 nitrogen and oxygen atoms in total. The number of rotatable bonds is 12. The lowest BCUT2D eigenvalue weighted by Crippen LogP contribution is -2.39. The second-order valence-corrected chi connectivity index (χ2v) is 8.79. The Bertz CT molecular complexity index is 1300. The molecule has 0 spiro atoms. The fourth-order valence-corrected chi connectivity index (χ4v) is 4.26. The summed E-state index contributed by atoms with van der Waals surface area (Å²) < 4.78 is 11.6. The number of aromatic amines is 1. The molecule has 0 aliphatic heterocycles. The number of ether oxygens (including phenoxy) is 2. The number of benzene rings is 3. The third-order valence-corrected chi connectivity index (χ3v) is 6.15. The molecule has 6 heteroatoms. The van der Waals surface area contributed by atoms with E-state index < -0.39 is 6.04 Å². The minimum Gasteiger partial charge on any atom is -0.494 e. The minimum atomic E-state index is -0.440. The number of carbonyl (C=O) groups is 1. The summed E-state index contributed by atoms with van der Waals surface area (Å²) in [6, 6.07) is 21.1. The van der Waals surface area contributed by atoms with Crippen molar-refractivity contribution in [3.63, 3.8) is 0 Å². The van der Waals surface area contributed by atoms with E-state index in [1.54, 1.807) is 0 Å². The van der Waals surface area contributed by atoms with Crippen LogP contribution in [-0.4, -0.2) is 41.9 Å². The van der Waals surface area contributed by atoms with Crippen LogP contribution in [0.2, 0.25) is 0 Å². The zero-order chi connectivity index (χ0) is 25.3. The van der Waals surface area contributed by atoms with Crippen LogP contribution in [0, 0.1) is 0 Å². The van der Waals surface area contributed by atoms with Crippen LogP contribution in [0.1, 0.15) is 42.6 Å². The van der Waals surface area contributed by atoms with Gasteiger partial charge in [-0.05, 0) is 66.8 Å². The lowest BCUT2D eigenvalue weighted by atomic mass is 10.0. The van der Waals surface area contributed by atoms with Gasteiger partial charge in [-0.2, -0.15) is 0 Å². The summed E-state index contributed by atoms with van der Waals surface area (Å²) in [5.41, 5.74) is 4.36. The third kappa shape index (κ3) is 6.07. The van der Waals surface area contributed by atoms with Gasteiger partial charge in [-0.3, -0.25) is 4.79 Å². The molecule has 1 heterocycles. The molecule has 1 atom stereocenters. The molecule has 0 aliphatic carbocycles. The second kappa shape index (κ2) is 12.3. The van der Waals surface area contributed by atoms with Crippen LogP contribution in [0.5, 0.6) is 11.5 Å². The predicted molar refractivity (Wildman–Crippen MR) is 144 cm³/mol. The molecule has 3 N–H and O–H groups in total. The number of H-pyrrole nitrogens is 1. The Balaban J connectivity index is 1.55. The van der Waals surface area contributed by atoms with Gasteiger partial charge >= 0.3 is 0 Å². The van der Waals surface area contributed by atoms with Crippen LogP contribution in [-0.2, 0) is 6.42 Å². The Hall–Kier alpha value is -3.77. The van der Waals surface area contributed by atoms with E-state index in [0.717, 1.165) is 46.2 Å². The van der Waals surface area contributed by atoms with E-state index in [1.807, 2.05) is 79.9 Å². The number of unbranched alkanes of at least 4 members (excludes halogenated alkanes) is 1. The number of hydrogen-bond acceptors (Lipinski definition) is 4. The van der Waals surface area contributed by atoms with Crippen LogP contribution in [0.3, 0.4) is 0 Å². The molecule has 4 aromatic rings. The van der Waals surface area contributed by atoms with Crippen LogP contribution >= 0.6 is 0 Å². The highest BCUT2D eigenvalue weighted by molar-refractivity contribution is 5.98. The van der Waals surface area contributed by atoms with Crippen molar-refractivity contribution in [3.8, 4) is 22.6 Å². The quantitative estimate of drug-likeness (QED) is 0.223. The first-order valence-corrected chi connectivity index (χ1v) is 12.6. The molecule has 188 valence electrons. The summed E-state index contributed by atoms with van der Waals surface area (Å²) in [6.07, 6.45) is 4.52. The summed E-state index contributed by atoms with van der Waals surface area (Å²) >= 11 is 0. The summed E-state index contributed by atoms with van der Waals surface area (Å²) in [4.78, 5) is 16.6. The van der Waals surface area contributed by atoms with Gasteiger partial charge in [-0.1, -0.05) is 49.7 Å². The van der Waals surface area contributed by atoms with E-state index in [0.29, 0.717) is 30.9 Å². The Labute approximate surface area is 212 Å². The average Bonchev–Trinajstić information content (AvgIpc) is 3.31. The van der Waals surface area contributed by atoms with Gasteiger partial charge in [0.15, 0.2) is 0 Å². The highest BCUT2D eigenvalue weighted by atomic mass is 16.5. The summed E-state index contributed by atoms with van der Waals surface area (Å²) in [7, 11) is 0. The topological polar surface area (TPSA) is 83.6 Å². The van der Waals surface area contributed by atoms with Crippen LogP contribution in [0.15, 0.2) is 72.9 Å². The zero-order valence-corrected chi connectivity index (χ0v) is 20.9. The molecule has 1 amide bonds. The van der Waals surface area contributed by atoms with Crippen molar-refractivity contribution < 1.29 is 19.4 Å². The maximum Gasteiger partial charge on any atom is 0.255 e. The first-order chi connectivity index (χ1) is 17.6. The standard InChI is InChI=1S/C30H34N2O4/c1-3-5-15-36-25-10-8-9-21(17-25)22-13-14-29(35-4-2)27(18-22)30(34)32-24(20-33)16-23-19-31-28-12-7-6-11-26(23)28/h6-14,17-19,24,31,33H,3-5,15-16,20H2,1-2H3,(H,32,34)/t24-/m1/s1. The molecule has 0 fully saturated rings. The zero-order valence-electron chi connectivity index (χ0n) is 20.9. The number of amides is 1. The second-order valence-electron chi connectivity index (χ2n) is 8.79. The maximum atomic E-state index is 13.4. The van der Waals surface area contributed by atoms with Gasteiger partial charge in [0.1, 0.15) is 11.5 Å². The number of fused-ring (bicyclic) bond motifs is 1. The molecule has 36 heavy (non-hydrogen) atoms. The smallest absolute Gasteiger partial charge is 0.255 e. The van der Waals surface area contributed by atoms with Gasteiger partial charge in [-0.25, -0.2) is 0 Å². The van der Waals surface area contributed by atoms with Gasteiger partial charge in [-0.15, -0.1) is 0 Å². The van der Waals surface area contributed by atoms with Crippen LogP contribution in [0.25, 0.3) is 22.0 Å². The summed E-state index contributed by atoms with van der Waals surface area (Å²) in [5, 5.41) is 14.1. The van der Waals surface area contributed by atoms with Crippen molar-refractivity contribution in [2.24, 2.45) is 0 Å². The van der Waals surface area contributed by atoms with Gasteiger partial charge in [0.05, 0.1) is 31.4 Å². The van der Waals surface area contributed by atoms with Crippen LogP contribution < -0.4 is 14.8 Å². The van der Waals surface area contributed by atoms with Gasteiger partial charge in [0.25, 0.3) is 5.91 Å². The number of aromatic nitrogens is 1. The molecule has 0 saturated carbocycles. The fourth-order valence-electron chi connectivity index (χ4n) is 4.26. The molecular formula is C30H34N2O4. The average molecular weight is 487 g/mol. The molecule has 0 unspecified atom stereocenters. The van der Waals surface area contributed by atoms with E-state index in [1.165, 1.54) is 0 Å². The van der Waals surface area contributed by atoms with Crippen molar-refractivity contribution in [2.45, 2.75) is 39.2 Å². The normalized spacial score (nSPS) is 11.9. The summed E-state index contributed by atoms with van der Waals surface area (Å²) in [6.45, 7) is 4.97. The molecule has 3 aromatic carbocycles. The predicted octanol–water partition coefficient (Wildman–Crippen LogP) is 5.75. The molecule has 1 aromatic heterocycles. The number of nitrogens with one attached hydrogen (secondary N) is 2. The first-order valence-electron chi connectivity index (χ1n) is 12.6. The molecule has 0 aliphatic rings. The number of carbonyl (C=O) groups excluding carboxylic acids is 1. The monoisotopic (exact) mass is 486 g/mol. The van der Waals surface area contributed by atoms with Crippen molar-refractivity contribution in [2.75, 3.05) is 19.8 Å². The largest absolute Gasteiger partial charge is 0.494 e. The number of para-hydroxylation sites is 1. The minimum absolute atomic E-state index is 0.175. The van der Waals surface area contributed by atoms with Gasteiger partial charge in [0, 0.05) is 17.1 Å². The Morgan fingerprint density at radius 1 is 1.00 bits per heavy atom. The molecular weight excluding hydrogens is 452 g/mol. The lowest BCUT2D eigenvalue weighted by molar-refractivity contribution is 0.0913. The SMILES string of the molecule is CCCCOc1cccc(-c2ccc(OCC)c(C(=O)N[C@@H](CO)Cc3c[nH]c4ccccc34)c2)c1. The highest BCUT2D eigenvalue weighted by Crippen LogP contribution is 2.29. The van der Waals surface area contributed by atoms with Crippen molar-refractivity contribution in [1.82, 2.24) is 10.3 Å². The third-order valence-electron chi connectivity index (χ3n) is 6.15. The molecule has 4 rings (SSSR count).